The first-order valence-electron chi connectivity index (χ1n) is 10.7. The number of aromatic nitrogens is 1. The van der Waals surface area contributed by atoms with Crippen molar-refractivity contribution in [2.75, 3.05) is 0 Å². The van der Waals surface area contributed by atoms with Crippen molar-refractivity contribution in [3.05, 3.63) is 107 Å². The number of aryl methyl sites for hydroxylation is 1. The second kappa shape index (κ2) is 8.18. The molecule has 1 amide bonds. The molecular formula is C28H22ClN2O. The topological polar surface area (TPSA) is 48.0 Å². The Bertz CT molecular complexity index is 1460. The summed E-state index contributed by atoms with van der Waals surface area (Å²) >= 11 is 6.08. The van der Waals surface area contributed by atoms with Crippen molar-refractivity contribution in [1.82, 2.24) is 4.57 Å². The van der Waals surface area contributed by atoms with Crippen molar-refractivity contribution in [1.29, 1.82) is 0 Å². The van der Waals surface area contributed by atoms with Gasteiger partial charge < -0.3 is 10.3 Å². The molecule has 1 aromatic heterocycles. The molecule has 0 atom stereocenters. The van der Waals surface area contributed by atoms with E-state index in [2.05, 4.69) is 47.9 Å². The van der Waals surface area contributed by atoms with Gasteiger partial charge in [0, 0.05) is 27.9 Å². The van der Waals surface area contributed by atoms with Crippen molar-refractivity contribution >= 4 is 39.3 Å². The molecule has 0 aliphatic heterocycles. The molecular weight excluding hydrogens is 416 g/mol. The van der Waals surface area contributed by atoms with Crippen molar-refractivity contribution in [2.45, 2.75) is 19.9 Å². The van der Waals surface area contributed by atoms with Crippen molar-refractivity contribution in [3.8, 4) is 11.1 Å². The van der Waals surface area contributed by atoms with Crippen LogP contribution in [0.4, 0.5) is 0 Å². The summed E-state index contributed by atoms with van der Waals surface area (Å²) in [6.45, 7) is 2.85. The molecule has 0 spiro atoms. The number of amides is 1. The Morgan fingerprint density at radius 2 is 1.69 bits per heavy atom. The van der Waals surface area contributed by atoms with Crippen LogP contribution in [0.2, 0.25) is 5.02 Å². The van der Waals surface area contributed by atoms with E-state index in [4.69, 9.17) is 17.3 Å². The minimum Gasteiger partial charge on any atom is -0.366 e. The number of hydrogen-bond donors (Lipinski definition) is 1. The summed E-state index contributed by atoms with van der Waals surface area (Å²) in [7, 11) is 0. The fraction of sp³-hybridized carbons (Fsp3) is 0.107. The van der Waals surface area contributed by atoms with Crippen LogP contribution < -0.4 is 5.73 Å². The summed E-state index contributed by atoms with van der Waals surface area (Å²) in [6, 6.07) is 29.7. The van der Waals surface area contributed by atoms with Crippen LogP contribution in [0.25, 0.3) is 32.9 Å². The predicted molar refractivity (Wildman–Crippen MR) is 132 cm³/mol. The van der Waals surface area contributed by atoms with Gasteiger partial charge in [-0.2, -0.15) is 0 Å². The lowest BCUT2D eigenvalue weighted by Crippen LogP contribution is -2.11. The fourth-order valence-electron chi connectivity index (χ4n) is 4.37. The summed E-state index contributed by atoms with van der Waals surface area (Å²) in [5.41, 5.74) is 12.9. The normalized spacial score (nSPS) is 11.3. The fourth-order valence-corrected chi connectivity index (χ4v) is 4.50. The quantitative estimate of drug-likeness (QED) is 0.329. The van der Waals surface area contributed by atoms with Gasteiger partial charge in [0.25, 0.3) is 0 Å². The number of benzene rings is 4. The van der Waals surface area contributed by atoms with Gasteiger partial charge in [0.15, 0.2) is 0 Å². The van der Waals surface area contributed by atoms with E-state index in [1.165, 1.54) is 11.1 Å². The van der Waals surface area contributed by atoms with Crippen LogP contribution in [-0.4, -0.2) is 10.5 Å². The molecule has 2 N–H and O–H groups in total. The molecule has 0 aliphatic carbocycles. The highest BCUT2D eigenvalue weighted by Gasteiger charge is 2.17. The van der Waals surface area contributed by atoms with Gasteiger partial charge in [-0.3, -0.25) is 4.79 Å². The SMILES string of the molecule is CCc1cccc(Cn2c3cc(-c4ccc(Cl)cc4)c[c]c3c3c(C(N)=O)cccc32)c1. The molecule has 3 nitrogen and oxygen atoms in total. The third kappa shape index (κ3) is 3.55. The molecule has 0 bridgehead atoms. The van der Waals surface area contributed by atoms with Gasteiger partial charge in [-0.15, -0.1) is 0 Å². The number of halogens is 1. The highest BCUT2D eigenvalue weighted by molar-refractivity contribution is 6.30. The maximum absolute atomic E-state index is 12.2. The Kier molecular flexibility index (Phi) is 5.20. The average Bonchev–Trinajstić information content (AvgIpc) is 3.12. The second-order valence-corrected chi connectivity index (χ2v) is 8.42. The molecule has 32 heavy (non-hydrogen) atoms. The molecule has 0 fully saturated rings. The lowest BCUT2D eigenvalue weighted by molar-refractivity contribution is 0.100. The highest BCUT2D eigenvalue weighted by atomic mass is 35.5. The standard InChI is InChI=1S/C28H22ClN2O/c1-2-18-5-3-6-19(15-18)17-31-25-8-4-7-24(28(30)32)27(25)23-14-11-21(16-26(23)31)20-9-12-22(29)13-10-20/h3-13,15-16H,2,17H2,1H3,(H2,30,32). The van der Waals surface area contributed by atoms with E-state index >= 15 is 0 Å². The van der Waals surface area contributed by atoms with E-state index < -0.39 is 5.91 Å². The number of carbonyl (C=O) groups is 1. The molecule has 0 unspecified atom stereocenters. The van der Waals surface area contributed by atoms with Crippen molar-refractivity contribution < 1.29 is 4.79 Å². The zero-order chi connectivity index (χ0) is 22.2. The smallest absolute Gasteiger partial charge is 0.249 e. The first-order chi connectivity index (χ1) is 15.5. The Morgan fingerprint density at radius 1 is 0.938 bits per heavy atom. The monoisotopic (exact) mass is 437 g/mol. The highest BCUT2D eigenvalue weighted by Crippen LogP contribution is 2.35. The Labute approximate surface area is 192 Å². The van der Waals surface area contributed by atoms with E-state index in [0.717, 1.165) is 39.4 Å². The third-order valence-electron chi connectivity index (χ3n) is 5.98. The zero-order valence-corrected chi connectivity index (χ0v) is 18.5. The number of carbonyl (C=O) groups excluding carboxylic acids is 1. The predicted octanol–water partition coefficient (Wildman–Crippen LogP) is 6.62. The minimum atomic E-state index is -0.433. The number of rotatable bonds is 5. The van der Waals surface area contributed by atoms with E-state index in [1.54, 1.807) is 6.07 Å². The van der Waals surface area contributed by atoms with Gasteiger partial charge in [-0.1, -0.05) is 61.0 Å². The summed E-state index contributed by atoms with van der Waals surface area (Å²) < 4.78 is 2.25. The Hall–Kier alpha value is -3.56. The van der Waals surface area contributed by atoms with Crippen LogP contribution in [-0.2, 0) is 13.0 Å². The van der Waals surface area contributed by atoms with Gasteiger partial charge >= 0.3 is 0 Å². The number of hydrogen-bond acceptors (Lipinski definition) is 1. The maximum Gasteiger partial charge on any atom is 0.249 e. The first kappa shape index (κ1) is 20.3. The molecule has 157 valence electrons. The van der Waals surface area contributed by atoms with Crippen LogP contribution >= 0.6 is 11.6 Å². The molecule has 1 heterocycles. The van der Waals surface area contributed by atoms with Gasteiger partial charge in [-0.25, -0.2) is 0 Å². The zero-order valence-electron chi connectivity index (χ0n) is 17.7. The van der Waals surface area contributed by atoms with Gasteiger partial charge in [0.05, 0.1) is 11.0 Å². The minimum absolute atomic E-state index is 0.433. The van der Waals surface area contributed by atoms with E-state index in [0.29, 0.717) is 17.1 Å². The number of nitrogens with zero attached hydrogens (tertiary/aromatic N) is 1. The first-order valence-corrected chi connectivity index (χ1v) is 11.0. The van der Waals surface area contributed by atoms with Crippen LogP contribution in [0.5, 0.6) is 0 Å². The summed E-state index contributed by atoms with van der Waals surface area (Å²) in [5, 5.41) is 2.46. The van der Waals surface area contributed by atoms with Crippen LogP contribution in [0, 0.1) is 6.07 Å². The lowest BCUT2D eigenvalue weighted by atomic mass is 10.0. The van der Waals surface area contributed by atoms with E-state index in [9.17, 15) is 4.79 Å². The summed E-state index contributed by atoms with van der Waals surface area (Å²) in [4.78, 5) is 12.2. The summed E-state index contributed by atoms with van der Waals surface area (Å²) in [5.74, 6) is -0.433. The molecule has 5 aromatic rings. The largest absolute Gasteiger partial charge is 0.366 e. The van der Waals surface area contributed by atoms with E-state index in [1.807, 2.05) is 42.5 Å². The molecule has 0 saturated carbocycles. The van der Waals surface area contributed by atoms with Gasteiger partial charge in [-0.05, 0) is 71.1 Å². The van der Waals surface area contributed by atoms with Crippen LogP contribution in [0.15, 0.2) is 78.9 Å². The van der Waals surface area contributed by atoms with E-state index in [-0.39, 0.29) is 0 Å². The average molecular weight is 438 g/mol. The second-order valence-electron chi connectivity index (χ2n) is 7.98. The number of primary amides is 1. The number of fused-ring (bicyclic) bond motifs is 3. The lowest BCUT2D eigenvalue weighted by Gasteiger charge is -2.10. The molecule has 4 aromatic carbocycles. The molecule has 0 saturated heterocycles. The maximum atomic E-state index is 12.2. The third-order valence-corrected chi connectivity index (χ3v) is 6.23. The molecule has 5 rings (SSSR count). The van der Waals surface area contributed by atoms with Crippen molar-refractivity contribution in [3.63, 3.8) is 0 Å². The van der Waals surface area contributed by atoms with Crippen LogP contribution in [0.1, 0.15) is 28.4 Å². The van der Waals surface area contributed by atoms with Crippen LogP contribution in [0.3, 0.4) is 0 Å². The molecule has 0 aliphatic rings. The molecule has 4 heteroatoms. The molecule has 1 radical (unpaired) electrons. The van der Waals surface area contributed by atoms with Gasteiger partial charge in [0.1, 0.15) is 0 Å². The van der Waals surface area contributed by atoms with Crippen molar-refractivity contribution in [2.24, 2.45) is 5.73 Å². The van der Waals surface area contributed by atoms with Gasteiger partial charge in [0.2, 0.25) is 5.91 Å². The number of nitrogens with two attached hydrogens (primary N) is 1. The Morgan fingerprint density at radius 3 is 2.44 bits per heavy atom. The summed E-state index contributed by atoms with van der Waals surface area (Å²) in [6.07, 6.45) is 0.987. The Balaban J connectivity index is 1.77.